The molecule has 0 aliphatic carbocycles. The molecule has 0 aliphatic heterocycles. The van der Waals surface area contributed by atoms with E-state index in [0.717, 1.165) is 5.56 Å². The number of carbonyl (C=O) groups is 1. The molecule has 0 aliphatic rings. The number of amides is 1. The molecule has 2 aromatic carbocycles. The molecule has 1 heterocycles. The van der Waals surface area contributed by atoms with Crippen molar-refractivity contribution >= 4 is 16.8 Å². The second kappa shape index (κ2) is 8.35. The number of benzene rings is 2. The Morgan fingerprint density at radius 3 is 2.62 bits per heavy atom. The highest BCUT2D eigenvalue weighted by atomic mass is 16.3. The van der Waals surface area contributed by atoms with Gasteiger partial charge in [0.15, 0.2) is 0 Å². The lowest BCUT2D eigenvalue weighted by atomic mass is 10.1. The zero-order valence-electron chi connectivity index (χ0n) is 14.2. The molecule has 3 rings (SSSR count). The topological polar surface area (TPSA) is 97.1 Å². The van der Waals surface area contributed by atoms with E-state index in [1.54, 1.807) is 24.3 Å². The second-order valence-corrected chi connectivity index (χ2v) is 5.95. The van der Waals surface area contributed by atoms with Crippen LogP contribution in [0.3, 0.4) is 0 Å². The molecular formula is C19H20N4O3. The van der Waals surface area contributed by atoms with E-state index < -0.39 is 6.04 Å². The zero-order chi connectivity index (χ0) is 18.4. The van der Waals surface area contributed by atoms with Crippen LogP contribution in [0.25, 0.3) is 10.9 Å². The summed E-state index contributed by atoms with van der Waals surface area (Å²) in [7, 11) is 0. The second-order valence-electron chi connectivity index (χ2n) is 5.95. The van der Waals surface area contributed by atoms with Gasteiger partial charge in [-0.3, -0.25) is 9.59 Å². The van der Waals surface area contributed by atoms with Gasteiger partial charge in [0, 0.05) is 13.0 Å². The molecule has 0 saturated carbocycles. The number of hydrogen-bond acceptors (Lipinski definition) is 5. The van der Waals surface area contributed by atoms with Crippen LogP contribution >= 0.6 is 0 Å². The van der Waals surface area contributed by atoms with E-state index in [0.29, 0.717) is 23.9 Å². The minimum Gasteiger partial charge on any atom is -0.394 e. The fourth-order valence-electron chi connectivity index (χ4n) is 2.75. The average molecular weight is 352 g/mol. The predicted molar refractivity (Wildman–Crippen MR) is 97.4 cm³/mol. The Morgan fingerprint density at radius 1 is 1.12 bits per heavy atom. The smallest absolute Gasteiger partial charge is 0.277 e. The molecule has 26 heavy (non-hydrogen) atoms. The van der Waals surface area contributed by atoms with Crippen LogP contribution in [0.5, 0.6) is 0 Å². The van der Waals surface area contributed by atoms with Gasteiger partial charge in [-0.1, -0.05) is 47.7 Å². The molecule has 0 fully saturated rings. The Labute approximate surface area is 150 Å². The first-order valence-electron chi connectivity index (χ1n) is 8.47. The lowest BCUT2D eigenvalue weighted by Gasteiger charge is -2.16. The summed E-state index contributed by atoms with van der Waals surface area (Å²) >= 11 is 0. The summed E-state index contributed by atoms with van der Waals surface area (Å²) in [5.41, 5.74) is 1.19. The molecule has 3 aromatic rings. The molecule has 134 valence electrons. The maximum atomic E-state index is 12.3. The summed E-state index contributed by atoms with van der Waals surface area (Å²) in [5.74, 6) is -0.185. The van der Waals surface area contributed by atoms with Crippen molar-refractivity contribution < 1.29 is 9.90 Å². The molecule has 0 spiro atoms. The quantitative estimate of drug-likeness (QED) is 0.670. The Kier molecular flexibility index (Phi) is 5.70. The maximum absolute atomic E-state index is 12.3. The number of nitrogens with zero attached hydrogens (tertiary/aromatic N) is 3. The van der Waals surface area contributed by atoms with E-state index in [-0.39, 0.29) is 24.5 Å². The van der Waals surface area contributed by atoms with Crippen molar-refractivity contribution in [1.82, 2.24) is 20.3 Å². The van der Waals surface area contributed by atoms with Crippen LogP contribution in [0, 0.1) is 0 Å². The normalized spacial score (nSPS) is 12.0. The molecule has 2 N–H and O–H groups in total. The fraction of sp³-hybridized carbons (Fsp3) is 0.263. The van der Waals surface area contributed by atoms with Crippen molar-refractivity contribution in [3.8, 4) is 0 Å². The zero-order valence-corrected chi connectivity index (χ0v) is 14.2. The van der Waals surface area contributed by atoms with Crippen LogP contribution in [0.15, 0.2) is 59.4 Å². The lowest BCUT2D eigenvalue weighted by Crippen LogP contribution is -2.31. The number of aryl methyl sites for hydroxylation is 1. The van der Waals surface area contributed by atoms with Gasteiger partial charge in [-0.2, -0.15) is 0 Å². The standard InChI is InChI=1S/C19H20N4O3/c24-13-17(14-7-2-1-3-8-14)20-18(25)11-6-12-23-19(26)15-9-4-5-10-16(15)21-22-23/h1-5,7-10,17,24H,6,11-13H2,(H,20,25)/t17-/m0/s1. The summed E-state index contributed by atoms with van der Waals surface area (Å²) in [6.45, 7) is 0.130. The van der Waals surface area contributed by atoms with Gasteiger partial charge in [-0.05, 0) is 24.1 Å². The van der Waals surface area contributed by atoms with E-state index in [2.05, 4.69) is 15.6 Å². The fourth-order valence-corrected chi connectivity index (χ4v) is 2.75. The van der Waals surface area contributed by atoms with Crippen LogP contribution in [0.2, 0.25) is 0 Å². The number of carbonyl (C=O) groups excluding carboxylic acids is 1. The number of fused-ring (bicyclic) bond motifs is 1. The molecular weight excluding hydrogens is 332 g/mol. The van der Waals surface area contributed by atoms with E-state index in [1.807, 2.05) is 30.3 Å². The Morgan fingerprint density at radius 2 is 1.85 bits per heavy atom. The molecule has 0 saturated heterocycles. The lowest BCUT2D eigenvalue weighted by molar-refractivity contribution is -0.122. The van der Waals surface area contributed by atoms with Crippen LogP contribution in [-0.2, 0) is 11.3 Å². The molecule has 1 atom stereocenters. The highest BCUT2D eigenvalue weighted by Crippen LogP contribution is 2.12. The number of aromatic nitrogens is 3. The Hall–Kier alpha value is -3.06. The van der Waals surface area contributed by atoms with E-state index in [1.165, 1.54) is 4.68 Å². The van der Waals surface area contributed by atoms with Gasteiger partial charge in [0.1, 0.15) is 5.52 Å². The van der Waals surface area contributed by atoms with Crippen LogP contribution in [0.4, 0.5) is 0 Å². The number of rotatable bonds is 7. The SMILES string of the molecule is O=C(CCCn1nnc2ccccc2c1=O)N[C@@H](CO)c1ccccc1. The van der Waals surface area contributed by atoms with Crippen molar-refractivity contribution in [3.63, 3.8) is 0 Å². The van der Waals surface area contributed by atoms with Gasteiger partial charge in [0.2, 0.25) is 5.91 Å². The Balaban J connectivity index is 1.57. The van der Waals surface area contributed by atoms with Gasteiger partial charge in [-0.25, -0.2) is 4.68 Å². The Bertz CT molecular complexity index is 940. The van der Waals surface area contributed by atoms with Gasteiger partial charge in [0.05, 0.1) is 18.0 Å². The third-order valence-corrected chi connectivity index (χ3v) is 4.12. The average Bonchev–Trinajstić information content (AvgIpc) is 2.69. The first-order chi connectivity index (χ1) is 12.7. The third-order valence-electron chi connectivity index (χ3n) is 4.12. The maximum Gasteiger partial charge on any atom is 0.277 e. The van der Waals surface area contributed by atoms with Gasteiger partial charge in [-0.15, -0.1) is 5.10 Å². The van der Waals surface area contributed by atoms with Crippen LogP contribution < -0.4 is 10.9 Å². The molecule has 1 amide bonds. The number of nitrogens with one attached hydrogen (secondary N) is 1. The third kappa shape index (κ3) is 4.12. The first-order valence-corrected chi connectivity index (χ1v) is 8.47. The van der Waals surface area contributed by atoms with Gasteiger partial charge < -0.3 is 10.4 Å². The summed E-state index contributed by atoms with van der Waals surface area (Å²) < 4.78 is 1.27. The number of aliphatic hydroxyl groups is 1. The van der Waals surface area contributed by atoms with Crippen molar-refractivity contribution in [1.29, 1.82) is 0 Å². The monoisotopic (exact) mass is 352 g/mol. The summed E-state index contributed by atoms with van der Waals surface area (Å²) in [5, 5.41) is 20.7. The van der Waals surface area contributed by atoms with E-state index in [9.17, 15) is 14.7 Å². The molecule has 7 nitrogen and oxygen atoms in total. The number of hydrogen-bond donors (Lipinski definition) is 2. The van der Waals surface area contributed by atoms with Gasteiger partial charge in [0.25, 0.3) is 5.56 Å². The van der Waals surface area contributed by atoms with Crippen molar-refractivity contribution in [2.75, 3.05) is 6.61 Å². The minimum absolute atomic E-state index is 0.175. The molecule has 0 radical (unpaired) electrons. The van der Waals surface area contributed by atoms with Crippen LogP contribution in [0.1, 0.15) is 24.4 Å². The molecule has 7 heteroatoms. The highest BCUT2D eigenvalue weighted by Gasteiger charge is 2.13. The summed E-state index contributed by atoms with van der Waals surface area (Å²) in [6, 6.07) is 15.9. The number of aliphatic hydroxyl groups excluding tert-OH is 1. The molecule has 1 aromatic heterocycles. The van der Waals surface area contributed by atoms with E-state index >= 15 is 0 Å². The van der Waals surface area contributed by atoms with E-state index in [4.69, 9.17) is 0 Å². The first kappa shape index (κ1) is 17.8. The predicted octanol–water partition coefficient (Wildman–Crippen LogP) is 1.42. The van der Waals surface area contributed by atoms with Crippen molar-refractivity contribution in [2.45, 2.75) is 25.4 Å². The van der Waals surface area contributed by atoms with Crippen molar-refractivity contribution in [3.05, 3.63) is 70.5 Å². The molecule has 0 unspecified atom stereocenters. The minimum atomic E-state index is -0.438. The van der Waals surface area contributed by atoms with Crippen molar-refractivity contribution in [2.24, 2.45) is 0 Å². The molecule has 0 bridgehead atoms. The summed E-state index contributed by atoms with van der Waals surface area (Å²) in [4.78, 5) is 24.5. The highest BCUT2D eigenvalue weighted by molar-refractivity contribution is 5.77. The summed E-state index contributed by atoms with van der Waals surface area (Å²) in [6.07, 6.45) is 0.677. The van der Waals surface area contributed by atoms with Crippen LogP contribution in [-0.4, -0.2) is 32.6 Å². The van der Waals surface area contributed by atoms with Gasteiger partial charge >= 0.3 is 0 Å². The largest absolute Gasteiger partial charge is 0.394 e.